The second kappa shape index (κ2) is 9.18. The standard InChI is InChI=1S/C23H23N3O4S2/c1-29-18-11-17(12-19(13-18)30-2)21-15-31-23(25-21)26-9-7-20(8-10-26)32(27,28)22-6-4-3-5-16(22)14-24/h3-6,11-13,15,20H,7-10H2,1-2H3. The van der Waals surface area contributed by atoms with Gasteiger partial charge in [-0.05, 0) is 37.1 Å². The molecule has 3 aromatic rings. The number of ether oxygens (including phenoxy) is 2. The van der Waals surface area contributed by atoms with Gasteiger partial charge in [0.2, 0.25) is 0 Å². The van der Waals surface area contributed by atoms with E-state index in [1.165, 1.54) is 17.4 Å². The zero-order valence-electron chi connectivity index (χ0n) is 17.8. The van der Waals surface area contributed by atoms with Crippen LogP contribution in [0.4, 0.5) is 5.13 Å². The molecule has 0 atom stereocenters. The van der Waals surface area contributed by atoms with E-state index in [-0.39, 0.29) is 10.5 Å². The van der Waals surface area contributed by atoms with Gasteiger partial charge in [0.25, 0.3) is 0 Å². The van der Waals surface area contributed by atoms with Gasteiger partial charge in [-0.25, -0.2) is 13.4 Å². The first-order chi connectivity index (χ1) is 15.5. The quantitative estimate of drug-likeness (QED) is 0.536. The molecule has 2 aromatic carbocycles. The first kappa shape index (κ1) is 22.1. The fourth-order valence-electron chi connectivity index (χ4n) is 3.84. The molecule has 2 heterocycles. The number of aromatic nitrogens is 1. The number of anilines is 1. The Labute approximate surface area is 191 Å². The van der Waals surface area contributed by atoms with Crippen LogP contribution < -0.4 is 14.4 Å². The number of hydrogen-bond acceptors (Lipinski definition) is 8. The molecule has 0 bridgehead atoms. The molecule has 0 N–H and O–H groups in total. The molecular formula is C23H23N3O4S2. The van der Waals surface area contributed by atoms with Gasteiger partial charge in [-0.2, -0.15) is 5.26 Å². The van der Waals surface area contributed by atoms with E-state index in [2.05, 4.69) is 4.90 Å². The summed E-state index contributed by atoms with van der Waals surface area (Å²) in [5.74, 6) is 1.38. The second-order valence-electron chi connectivity index (χ2n) is 7.46. The lowest BCUT2D eigenvalue weighted by Crippen LogP contribution is -2.39. The molecule has 0 unspecified atom stereocenters. The van der Waals surface area contributed by atoms with Crippen molar-refractivity contribution in [2.24, 2.45) is 0 Å². The zero-order valence-corrected chi connectivity index (χ0v) is 19.4. The first-order valence-corrected chi connectivity index (χ1v) is 12.6. The Morgan fingerprint density at radius 1 is 1.09 bits per heavy atom. The Hall–Kier alpha value is -3.09. The maximum atomic E-state index is 13.1. The van der Waals surface area contributed by atoms with Gasteiger partial charge in [-0.3, -0.25) is 0 Å². The lowest BCUT2D eigenvalue weighted by molar-refractivity contribution is 0.394. The molecule has 9 heteroatoms. The predicted molar refractivity (Wildman–Crippen MR) is 124 cm³/mol. The Bertz CT molecular complexity index is 1230. The second-order valence-corrected chi connectivity index (χ2v) is 10.5. The van der Waals surface area contributed by atoms with Crippen molar-refractivity contribution in [1.82, 2.24) is 4.98 Å². The molecule has 1 aliphatic rings. The number of benzene rings is 2. The number of nitriles is 1. The predicted octanol–water partition coefficient (Wildman–Crippen LogP) is 4.14. The van der Waals surface area contributed by atoms with E-state index in [0.29, 0.717) is 37.4 Å². The number of nitrogens with zero attached hydrogens (tertiary/aromatic N) is 3. The fourth-order valence-corrected chi connectivity index (χ4v) is 6.61. The third-order valence-corrected chi connectivity index (χ3v) is 8.82. The summed E-state index contributed by atoms with van der Waals surface area (Å²) in [5.41, 5.74) is 1.92. The number of thiazole rings is 1. The monoisotopic (exact) mass is 469 g/mol. The highest BCUT2D eigenvalue weighted by molar-refractivity contribution is 7.92. The maximum Gasteiger partial charge on any atom is 0.185 e. The molecule has 0 amide bonds. The van der Waals surface area contributed by atoms with E-state index in [9.17, 15) is 13.7 Å². The van der Waals surface area contributed by atoms with Crippen LogP contribution in [0, 0.1) is 11.3 Å². The van der Waals surface area contributed by atoms with Gasteiger partial charge in [-0.1, -0.05) is 12.1 Å². The minimum Gasteiger partial charge on any atom is -0.497 e. The molecule has 1 aromatic heterocycles. The summed E-state index contributed by atoms with van der Waals surface area (Å²) in [5, 5.41) is 11.6. The van der Waals surface area contributed by atoms with Crippen LogP contribution in [0.1, 0.15) is 18.4 Å². The largest absolute Gasteiger partial charge is 0.497 e. The van der Waals surface area contributed by atoms with E-state index in [0.717, 1.165) is 16.4 Å². The summed E-state index contributed by atoms with van der Waals surface area (Å²) in [4.78, 5) is 7.02. The number of sulfone groups is 1. The summed E-state index contributed by atoms with van der Waals surface area (Å²) in [7, 11) is -0.339. The molecule has 0 spiro atoms. The topological polar surface area (TPSA) is 92.5 Å². The molecule has 1 saturated heterocycles. The van der Waals surface area contributed by atoms with Gasteiger partial charge >= 0.3 is 0 Å². The number of piperidine rings is 1. The SMILES string of the molecule is COc1cc(OC)cc(-c2csc(N3CCC(S(=O)(=O)c4ccccc4C#N)CC3)n2)c1. The zero-order chi connectivity index (χ0) is 22.7. The van der Waals surface area contributed by atoms with Crippen LogP contribution in [-0.2, 0) is 9.84 Å². The van der Waals surface area contributed by atoms with Crippen molar-refractivity contribution in [3.05, 3.63) is 53.4 Å². The van der Waals surface area contributed by atoms with E-state index in [1.54, 1.807) is 32.4 Å². The minimum atomic E-state index is -3.56. The number of methoxy groups -OCH3 is 2. The minimum absolute atomic E-state index is 0.129. The Morgan fingerprint density at radius 3 is 2.38 bits per heavy atom. The molecule has 4 rings (SSSR count). The van der Waals surface area contributed by atoms with E-state index >= 15 is 0 Å². The van der Waals surface area contributed by atoms with Crippen molar-refractivity contribution in [2.75, 3.05) is 32.2 Å². The highest BCUT2D eigenvalue weighted by Gasteiger charge is 2.33. The number of hydrogen-bond donors (Lipinski definition) is 0. The summed E-state index contributed by atoms with van der Waals surface area (Å²) >= 11 is 1.53. The molecule has 0 saturated carbocycles. The fraction of sp³-hybridized carbons (Fsp3) is 0.304. The first-order valence-electron chi connectivity index (χ1n) is 10.1. The maximum absolute atomic E-state index is 13.1. The third-order valence-electron chi connectivity index (χ3n) is 5.60. The van der Waals surface area contributed by atoms with Crippen LogP contribution in [0.25, 0.3) is 11.3 Å². The Morgan fingerprint density at radius 2 is 1.75 bits per heavy atom. The van der Waals surface area contributed by atoms with Crippen molar-refractivity contribution in [1.29, 1.82) is 5.26 Å². The van der Waals surface area contributed by atoms with Crippen molar-refractivity contribution < 1.29 is 17.9 Å². The van der Waals surface area contributed by atoms with Crippen LogP contribution in [0.15, 0.2) is 52.7 Å². The van der Waals surface area contributed by atoms with Crippen molar-refractivity contribution in [2.45, 2.75) is 23.0 Å². The summed E-state index contributed by atoms with van der Waals surface area (Å²) in [6.45, 7) is 1.18. The molecular weight excluding hydrogens is 446 g/mol. The van der Waals surface area contributed by atoms with Gasteiger partial charge in [0.15, 0.2) is 15.0 Å². The van der Waals surface area contributed by atoms with Gasteiger partial charge in [0, 0.05) is 30.1 Å². The van der Waals surface area contributed by atoms with Gasteiger partial charge < -0.3 is 14.4 Å². The van der Waals surface area contributed by atoms with Crippen LogP contribution in [0.2, 0.25) is 0 Å². The van der Waals surface area contributed by atoms with E-state index in [1.807, 2.05) is 29.6 Å². The lowest BCUT2D eigenvalue weighted by Gasteiger charge is -2.31. The smallest absolute Gasteiger partial charge is 0.185 e. The molecule has 7 nitrogen and oxygen atoms in total. The van der Waals surface area contributed by atoms with E-state index in [4.69, 9.17) is 14.5 Å². The summed E-state index contributed by atoms with van der Waals surface area (Å²) in [6.07, 6.45) is 0.980. The lowest BCUT2D eigenvalue weighted by atomic mass is 10.1. The molecule has 0 radical (unpaired) electrons. The van der Waals surface area contributed by atoms with Crippen LogP contribution in [-0.4, -0.2) is 46.0 Å². The van der Waals surface area contributed by atoms with E-state index < -0.39 is 15.1 Å². The molecule has 1 aliphatic heterocycles. The molecule has 1 fully saturated rings. The summed E-state index contributed by atoms with van der Waals surface area (Å²) < 4.78 is 36.9. The van der Waals surface area contributed by atoms with Crippen LogP contribution >= 0.6 is 11.3 Å². The molecule has 32 heavy (non-hydrogen) atoms. The average molecular weight is 470 g/mol. The highest BCUT2D eigenvalue weighted by atomic mass is 32.2. The van der Waals surface area contributed by atoms with Crippen molar-refractivity contribution in [3.63, 3.8) is 0 Å². The highest BCUT2D eigenvalue weighted by Crippen LogP contribution is 2.34. The number of rotatable bonds is 6. The normalized spacial score (nSPS) is 14.7. The molecule has 166 valence electrons. The van der Waals surface area contributed by atoms with Crippen LogP contribution in [0.5, 0.6) is 11.5 Å². The van der Waals surface area contributed by atoms with Crippen molar-refractivity contribution >= 4 is 26.3 Å². The molecule has 0 aliphatic carbocycles. The van der Waals surface area contributed by atoms with Gasteiger partial charge in [0.1, 0.15) is 17.6 Å². The summed E-state index contributed by atoms with van der Waals surface area (Å²) in [6, 6.07) is 14.0. The Kier molecular flexibility index (Phi) is 6.35. The van der Waals surface area contributed by atoms with Gasteiger partial charge in [0.05, 0.1) is 35.6 Å². The Balaban J connectivity index is 1.49. The van der Waals surface area contributed by atoms with Crippen LogP contribution in [0.3, 0.4) is 0 Å². The van der Waals surface area contributed by atoms with Crippen molar-refractivity contribution in [3.8, 4) is 28.8 Å². The third kappa shape index (κ3) is 4.29. The average Bonchev–Trinajstić information content (AvgIpc) is 3.34. The van der Waals surface area contributed by atoms with Gasteiger partial charge in [-0.15, -0.1) is 11.3 Å².